The highest BCUT2D eigenvalue weighted by Crippen LogP contribution is 2.33. The van der Waals surface area contributed by atoms with Crippen molar-refractivity contribution in [3.05, 3.63) is 59.9 Å². The number of H-pyrrole nitrogens is 1. The molecule has 0 bridgehead atoms. The van der Waals surface area contributed by atoms with Gasteiger partial charge in [-0.1, -0.05) is 23.9 Å². The van der Waals surface area contributed by atoms with Gasteiger partial charge in [0, 0.05) is 29.1 Å². The van der Waals surface area contributed by atoms with Crippen LogP contribution in [0.25, 0.3) is 11.0 Å². The number of methoxy groups -OCH3 is 1. The largest absolute Gasteiger partial charge is 0.497 e. The van der Waals surface area contributed by atoms with Crippen molar-refractivity contribution in [3.63, 3.8) is 0 Å². The fraction of sp³-hybridized carbons (Fsp3) is 0.211. The number of amidine groups is 1. The molecule has 7 heteroatoms. The van der Waals surface area contributed by atoms with E-state index in [-0.39, 0.29) is 11.9 Å². The van der Waals surface area contributed by atoms with E-state index < -0.39 is 0 Å². The molecule has 0 aliphatic carbocycles. The number of fused-ring (bicyclic) bond motifs is 1. The minimum Gasteiger partial charge on any atom is -0.497 e. The first-order valence-corrected chi connectivity index (χ1v) is 9.27. The molecule has 4 rings (SSSR count). The minimum atomic E-state index is -0.0780. The Morgan fingerprint density at radius 1 is 1.38 bits per heavy atom. The molecular weight excluding hydrogens is 348 g/mol. The van der Waals surface area contributed by atoms with Crippen molar-refractivity contribution in [2.24, 2.45) is 4.99 Å². The second-order valence-electron chi connectivity index (χ2n) is 5.98. The standard InChI is InChI=1S/C19H18N4O2S/c1-25-13-5-2-4-12(8-13)9-17(24)23-19-22-16(11-26-19)15-10-21-18-14(15)6-3-7-20-18/h2-8,10,16H,9,11H2,1H3,(H,20,21)(H,22,23,24). The Morgan fingerprint density at radius 2 is 2.31 bits per heavy atom. The number of aromatic amines is 1. The van der Waals surface area contributed by atoms with E-state index in [0.29, 0.717) is 11.6 Å². The van der Waals surface area contributed by atoms with Crippen molar-refractivity contribution in [2.75, 3.05) is 12.9 Å². The normalized spacial score (nSPS) is 16.5. The van der Waals surface area contributed by atoms with Crippen LogP contribution in [0.3, 0.4) is 0 Å². The maximum atomic E-state index is 12.3. The van der Waals surface area contributed by atoms with Crippen molar-refractivity contribution in [1.29, 1.82) is 0 Å². The van der Waals surface area contributed by atoms with Gasteiger partial charge >= 0.3 is 0 Å². The number of nitrogens with one attached hydrogen (secondary N) is 2. The Labute approximate surface area is 155 Å². The van der Waals surface area contributed by atoms with Gasteiger partial charge in [-0.2, -0.15) is 0 Å². The Kier molecular flexibility index (Phi) is 4.62. The van der Waals surface area contributed by atoms with Crippen LogP contribution in [0, 0.1) is 0 Å². The van der Waals surface area contributed by atoms with Crippen LogP contribution in [0.1, 0.15) is 17.2 Å². The summed E-state index contributed by atoms with van der Waals surface area (Å²) in [4.78, 5) is 24.5. The third-order valence-electron chi connectivity index (χ3n) is 4.24. The van der Waals surface area contributed by atoms with Crippen molar-refractivity contribution >= 4 is 33.9 Å². The molecular formula is C19H18N4O2S. The van der Waals surface area contributed by atoms with E-state index in [0.717, 1.165) is 33.7 Å². The van der Waals surface area contributed by atoms with Gasteiger partial charge < -0.3 is 15.0 Å². The molecule has 0 fully saturated rings. The molecule has 0 saturated heterocycles. The molecule has 1 aliphatic rings. The second kappa shape index (κ2) is 7.21. The summed E-state index contributed by atoms with van der Waals surface area (Å²) in [6.45, 7) is 0. The molecule has 26 heavy (non-hydrogen) atoms. The molecule has 1 aliphatic heterocycles. The monoisotopic (exact) mass is 366 g/mol. The van der Waals surface area contributed by atoms with E-state index >= 15 is 0 Å². The van der Waals surface area contributed by atoms with E-state index in [1.807, 2.05) is 42.6 Å². The summed E-state index contributed by atoms with van der Waals surface area (Å²) in [7, 11) is 1.61. The SMILES string of the molecule is COc1cccc(CC(=O)NC2=NC(c3c[nH]c4ncccc34)CS2)c1. The van der Waals surface area contributed by atoms with Crippen LogP contribution >= 0.6 is 11.8 Å². The van der Waals surface area contributed by atoms with Gasteiger partial charge in [0.05, 0.1) is 19.6 Å². The summed E-state index contributed by atoms with van der Waals surface area (Å²) in [5.74, 6) is 1.47. The van der Waals surface area contributed by atoms with Gasteiger partial charge in [-0.25, -0.2) is 4.98 Å². The molecule has 1 unspecified atom stereocenters. The van der Waals surface area contributed by atoms with Crippen molar-refractivity contribution in [3.8, 4) is 5.75 Å². The van der Waals surface area contributed by atoms with Gasteiger partial charge in [0.25, 0.3) is 0 Å². The number of carbonyl (C=O) groups excluding carboxylic acids is 1. The maximum Gasteiger partial charge on any atom is 0.230 e. The molecule has 1 amide bonds. The molecule has 132 valence electrons. The van der Waals surface area contributed by atoms with Gasteiger partial charge in [-0.15, -0.1) is 0 Å². The Bertz CT molecular complexity index is 982. The number of hydrogen-bond acceptors (Lipinski definition) is 5. The summed E-state index contributed by atoms with van der Waals surface area (Å²) < 4.78 is 5.19. The quantitative estimate of drug-likeness (QED) is 0.744. The third-order valence-corrected chi connectivity index (χ3v) is 5.20. The minimum absolute atomic E-state index is 0.0186. The number of nitrogens with zero attached hydrogens (tertiary/aromatic N) is 2. The van der Waals surface area contributed by atoms with Crippen LogP contribution in [0.2, 0.25) is 0 Å². The summed E-state index contributed by atoms with van der Waals surface area (Å²) in [6, 6.07) is 11.5. The third kappa shape index (κ3) is 3.43. The smallest absolute Gasteiger partial charge is 0.230 e. The Morgan fingerprint density at radius 3 is 3.19 bits per heavy atom. The van der Waals surface area contributed by atoms with E-state index in [4.69, 9.17) is 4.74 Å². The van der Waals surface area contributed by atoms with Crippen LogP contribution in [0.4, 0.5) is 0 Å². The summed E-state index contributed by atoms with van der Waals surface area (Å²) in [5.41, 5.74) is 2.88. The van der Waals surface area contributed by atoms with Crippen molar-refractivity contribution in [2.45, 2.75) is 12.5 Å². The lowest BCUT2D eigenvalue weighted by Crippen LogP contribution is -2.28. The van der Waals surface area contributed by atoms with Crippen LogP contribution in [0.5, 0.6) is 5.75 Å². The van der Waals surface area contributed by atoms with Crippen LogP contribution in [0.15, 0.2) is 53.8 Å². The Hall–Kier alpha value is -2.80. The highest BCUT2D eigenvalue weighted by molar-refractivity contribution is 8.14. The van der Waals surface area contributed by atoms with E-state index in [2.05, 4.69) is 20.3 Å². The number of rotatable bonds is 4. The summed E-state index contributed by atoms with van der Waals surface area (Å²) in [5, 5.41) is 4.65. The van der Waals surface area contributed by atoms with Gasteiger partial charge in [0.1, 0.15) is 11.4 Å². The topological polar surface area (TPSA) is 79.4 Å². The molecule has 0 spiro atoms. The Balaban J connectivity index is 1.44. The van der Waals surface area contributed by atoms with Crippen LogP contribution in [-0.4, -0.2) is 33.9 Å². The molecule has 0 saturated carbocycles. The first-order valence-electron chi connectivity index (χ1n) is 8.28. The van der Waals surface area contributed by atoms with Gasteiger partial charge in [-0.05, 0) is 29.8 Å². The lowest BCUT2D eigenvalue weighted by molar-refractivity contribution is -0.119. The van der Waals surface area contributed by atoms with Crippen molar-refractivity contribution in [1.82, 2.24) is 15.3 Å². The molecule has 2 N–H and O–H groups in total. The molecule has 1 aromatic carbocycles. The molecule has 2 aromatic heterocycles. The average molecular weight is 366 g/mol. The first-order chi connectivity index (χ1) is 12.7. The van der Waals surface area contributed by atoms with E-state index in [1.165, 1.54) is 0 Å². The highest BCUT2D eigenvalue weighted by Gasteiger charge is 2.23. The summed E-state index contributed by atoms with van der Waals surface area (Å²) in [6.07, 6.45) is 4.01. The first kappa shape index (κ1) is 16.7. The number of carbonyl (C=O) groups is 1. The fourth-order valence-electron chi connectivity index (χ4n) is 2.99. The predicted molar refractivity (Wildman–Crippen MR) is 104 cm³/mol. The van der Waals surface area contributed by atoms with Crippen LogP contribution < -0.4 is 10.1 Å². The van der Waals surface area contributed by atoms with Crippen LogP contribution in [-0.2, 0) is 11.2 Å². The van der Waals surface area contributed by atoms with Gasteiger partial charge in [0.2, 0.25) is 5.91 Å². The molecule has 1 atom stereocenters. The molecule has 3 heterocycles. The highest BCUT2D eigenvalue weighted by atomic mass is 32.2. The number of hydrogen-bond donors (Lipinski definition) is 2. The number of amides is 1. The zero-order valence-corrected chi connectivity index (χ0v) is 15.0. The molecule has 3 aromatic rings. The zero-order valence-electron chi connectivity index (χ0n) is 14.2. The summed E-state index contributed by atoms with van der Waals surface area (Å²) >= 11 is 1.56. The van der Waals surface area contributed by atoms with E-state index in [1.54, 1.807) is 25.1 Å². The van der Waals surface area contributed by atoms with Gasteiger partial charge in [0.15, 0.2) is 5.17 Å². The fourth-order valence-corrected chi connectivity index (χ4v) is 3.94. The molecule has 0 radical (unpaired) electrons. The number of aromatic nitrogens is 2. The van der Waals surface area contributed by atoms with Crippen molar-refractivity contribution < 1.29 is 9.53 Å². The number of aliphatic imine (C=N–C) groups is 1. The van der Waals surface area contributed by atoms with E-state index in [9.17, 15) is 4.79 Å². The second-order valence-corrected chi connectivity index (χ2v) is 6.99. The number of thioether (sulfide) groups is 1. The molecule has 6 nitrogen and oxygen atoms in total. The van der Waals surface area contributed by atoms with Gasteiger partial charge in [-0.3, -0.25) is 9.79 Å². The predicted octanol–water partition coefficient (Wildman–Crippen LogP) is 3.07. The lowest BCUT2D eigenvalue weighted by atomic mass is 10.1. The maximum absolute atomic E-state index is 12.3. The number of ether oxygens (including phenoxy) is 1. The average Bonchev–Trinajstić information content (AvgIpc) is 3.28. The lowest BCUT2D eigenvalue weighted by Gasteiger charge is -2.05. The number of benzene rings is 1. The zero-order chi connectivity index (χ0) is 17.9. The number of pyridine rings is 1.